The Morgan fingerprint density at radius 2 is 1.96 bits per heavy atom. The number of carbonyl (C=O) groups excluding carboxylic acids is 1. The Hall–Kier alpha value is -2.18. The molecule has 0 radical (unpaired) electrons. The molecule has 2 aliphatic rings. The number of nitrogens with one attached hydrogen (secondary N) is 1. The molecule has 4 rings (SSSR count). The largest absolute Gasteiger partial charge is 0.360 e. The summed E-state index contributed by atoms with van der Waals surface area (Å²) in [7, 11) is 2.12. The van der Waals surface area contributed by atoms with E-state index in [2.05, 4.69) is 27.9 Å². The Labute approximate surface area is 159 Å². The molecule has 144 valence electrons. The van der Waals surface area contributed by atoms with Crippen LogP contribution in [-0.2, 0) is 4.79 Å². The molecule has 1 atom stereocenters. The average Bonchev–Trinajstić information content (AvgIpc) is 3.10. The number of hydrogen-bond acceptors (Lipinski definition) is 3. The predicted molar refractivity (Wildman–Crippen MR) is 106 cm³/mol. The first kappa shape index (κ1) is 18.2. The van der Waals surface area contributed by atoms with Crippen LogP contribution in [0.3, 0.4) is 0 Å². The van der Waals surface area contributed by atoms with Gasteiger partial charge in [0.15, 0.2) is 0 Å². The molecule has 2 aromatic rings. The number of piperazine rings is 1. The minimum atomic E-state index is -0.233. The van der Waals surface area contributed by atoms with Gasteiger partial charge in [-0.05, 0) is 44.2 Å². The number of halogens is 1. The van der Waals surface area contributed by atoms with Gasteiger partial charge in [0, 0.05) is 61.9 Å². The van der Waals surface area contributed by atoms with Gasteiger partial charge >= 0.3 is 0 Å². The molecule has 0 saturated carbocycles. The third kappa shape index (κ3) is 3.64. The lowest BCUT2D eigenvalue weighted by molar-refractivity contribution is -0.136. The van der Waals surface area contributed by atoms with E-state index in [9.17, 15) is 9.18 Å². The van der Waals surface area contributed by atoms with Crippen molar-refractivity contribution >= 4 is 22.4 Å². The molecule has 0 spiro atoms. The zero-order valence-corrected chi connectivity index (χ0v) is 16.0. The molecule has 1 aromatic carbocycles. The number of nitrogens with zero attached hydrogens (tertiary/aromatic N) is 3. The molecular formula is C21H27FN4O. The molecule has 1 aromatic heterocycles. The van der Waals surface area contributed by atoms with Crippen LogP contribution in [0.2, 0.25) is 0 Å². The van der Waals surface area contributed by atoms with Crippen LogP contribution in [0, 0.1) is 5.82 Å². The molecule has 27 heavy (non-hydrogen) atoms. The van der Waals surface area contributed by atoms with Crippen molar-refractivity contribution < 1.29 is 9.18 Å². The fourth-order valence-electron chi connectivity index (χ4n) is 4.11. The normalized spacial score (nSPS) is 20.7. The van der Waals surface area contributed by atoms with Crippen LogP contribution in [0.25, 0.3) is 16.5 Å². The summed E-state index contributed by atoms with van der Waals surface area (Å²) in [6, 6.07) is 4.78. The van der Waals surface area contributed by atoms with Crippen LogP contribution in [0.15, 0.2) is 30.5 Å². The van der Waals surface area contributed by atoms with Gasteiger partial charge in [-0.3, -0.25) is 9.69 Å². The van der Waals surface area contributed by atoms with Crippen molar-refractivity contribution in [3.8, 4) is 0 Å². The number of carbonyl (C=O) groups is 1. The van der Waals surface area contributed by atoms with Crippen LogP contribution >= 0.6 is 0 Å². The van der Waals surface area contributed by atoms with E-state index in [-0.39, 0.29) is 17.8 Å². The van der Waals surface area contributed by atoms with Crippen molar-refractivity contribution in [1.82, 2.24) is 19.7 Å². The van der Waals surface area contributed by atoms with Crippen LogP contribution in [-0.4, -0.2) is 77.9 Å². The van der Waals surface area contributed by atoms with Crippen molar-refractivity contribution in [2.45, 2.75) is 19.4 Å². The molecular weight excluding hydrogens is 343 g/mol. The van der Waals surface area contributed by atoms with Gasteiger partial charge in [0.25, 0.3) is 0 Å². The number of hydrogen-bond donors (Lipinski definition) is 1. The Balaban J connectivity index is 1.44. The maximum Gasteiger partial charge on any atom is 0.239 e. The van der Waals surface area contributed by atoms with Gasteiger partial charge in [-0.25, -0.2) is 4.39 Å². The number of likely N-dealkylation sites (N-methyl/N-ethyl adjacent to an activating group) is 1. The molecule has 3 heterocycles. The SMILES string of the molecule is CC(C(=O)N1CC=C(c2c[nH]c3cc(F)ccc23)CC1)N1CCN(C)CC1. The van der Waals surface area contributed by atoms with Gasteiger partial charge in [-0.15, -0.1) is 0 Å². The summed E-state index contributed by atoms with van der Waals surface area (Å²) >= 11 is 0. The second-order valence-electron chi connectivity index (χ2n) is 7.67. The van der Waals surface area contributed by atoms with E-state index in [0.717, 1.165) is 55.6 Å². The van der Waals surface area contributed by atoms with Crippen LogP contribution in [0.5, 0.6) is 0 Å². The molecule has 2 aliphatic heterocycles. The van der Waals surface area contributed by atoms with Crippen molar-refractivity contribution in [1.29, 1.82) is 0 Å². The van der Waals surface area contributed by atoms with Crippen molar-refractivity contribution in [2.75, 3.05) is 46.3 Å². The average molecular weight is 370 g/mol. The number of amides is 1. The zero-order valence-electron chi connectivity index (χ0n) is 16.0. The third-order valence-electron chi connectivity index (χ3n) is 5.95. The second kappa shape index (κ2) is 7.44. The number of H-pyrrole nitrogens is 1. The fraction of sp³-hybridized carbons (Fsp3) is 0.476. The Morgan fingerprint density at radius 1 is 1.19 bits per heavy atom. The first-order valence-corrected chi connectivity index (χ1v) is 9.70. The summed E-state index contributed by atoms with van der Waals surface area (Å²) in [5, 5.41) is 1.04. The van der Waals surface area contributed by atoms with Gasteiger partial charge in [0.2, 0.25) is 5.91 Å². The molecule has 5 nitrogen and oxygen atoms in total. The highest BCUT2D eigenvalue weighted by Crippen LogP contribution is 2.30. The van der Waals surface area contributed by atoms with Gasteiger partial charge in [-0.1, -0.05) is 6.08 Å². The summed E-state index contributed by atoms with van der Waals surface area (Å²) in [5.41, 5.74) is 3.15. The fourth-order valence-corrected chi connectivity index (χ4v) is 4.11. The summed E-state index contributed by atoms with van der Waals surface area (Å²) in [6.45, 7) is 7.33. The van der Waals surface area contributed by atoms with Crippen molar-refractivity contribution in [3.05, 3.63) is 41.9 Å². The van der Waals surface area contributed by atoms with Crippen molar-refractivity contribution in [2.24, 2.45) is 0 Å². The maximum absolute atomic E-state index is 13.4. The van der Waals surface area contributed by atoms with E-state index in [1.807, 2.05) is 24.1 Å². The summed E-state index contributed by atoms with van der Waals surface area (Å²) in [4.78, 5) is 22.6. The van der Waals surface area contributed by atoms with Crippen molar-refractivity contribution in [3.63, 3.8) is 0 Å². The molecule has 0 aliphatic carbocycles. The first-order valence-electron chi connectivity index (χ1n) is 9.70. The topological polar surface area (TPSA) is 42.6 Å². The van der Waals surface area contributed by atoms with E-state index >= 15 is 0 Å². The highest BCUT2D eigenvalue weighted by molar-refractivity contribution is 5.93. The Kier molecular flexibility index (Phi) is 5.02. The highest BCUT2D eigenvalue weighted by atomic mass is 19.1. The van der Waals surface area contributed by atoms with E-state index in [1.54, 1.807) is 0 Å². The van der Waals surface area contributed by atoms with Crippen LogP contribution in [0.1, 0.15) is 18.9 Å². The summed E-state index contributed by atoms with van der Waals surface area (Å²) in [5.74, 6) is -0.0148. The standard InChI is InChI=1S/C21H27FN4O/c1-15(25-11-9-24(2)10-12-25)21(27)26-7-5-16(6-8-26)19-14-23-20-13-17(22)3-4-18(19)20/h3-5,13-15,23H,6-12H2,1-2H3. The number of rotatable bonds is 3. The van der Waals surface area contributed by atoms with E-state index in [0.29, 0.717) is 6.54 Å². The summed E-state index contributed by atoms with van der Waals surface area (Å²) < 4.78 is 13.4. The third-order valence-corrected chi connectivity index (χ3v) is 5.95. The van der Waals surface area contributed by atoms with Crippen LogP contribution < -0.4 is 0 Å². The minimum Gasteiger partial charge on any atom is -0.360 e. The molecule has 1 N–H and O–H groups in total. The zero-order chi connectivity index (χ0) is 19.0. The maximum atomic E-state index is 13.4. The number of benzene rings is 1. The quantitative estimate of drug-likeness (QED) is 0.903. The molecule has 0 bridgehead atoms. The lowest BCUT2D eigenvalue weighted by atomic mass is 9.98. The molecule has 1 saturated heterocycles. The van der Waals surface area contributed by atoms with E-state index in [1.165, 1.54) is 17.7 Å². The van der Waals surface area contributed by atoms with Crippen LogP contribution in [0.4, 0.5) is 4.39 Å². The van der Waals surface area contributed by atoms with E-state index < -0.39 is 0 Å². The predicted octanol–water partition coefficient (Wildman–Crippen LogP) is 2.56. The van der Waals surface area contributed by atoms with E-state index in [4.69, 9.17) is 0 Å². The molecule has 1 unspecified atom stereocenters. The molecule has 6 heteroatoms. The first-order chi connectivity index (χ1) is 13.0. The highest BCUT2D eigenvalue weighted by Gasteiger charge is 2.29. The molecule has 1 amide bonds. The Bertz CT molecular complexity index is 866. The summed E-state index contributed by atoms with van der Waals surface area (Å²) in [6.07, 6.45) is 4.91. The smallest absolute Gasteiger partial charge is 0.239 e. The van der Waals surface area contributed by atoms with Gasteiger partial charge in [0.1, 0.15) is 5.82 Å². The monoisotopic (exact) mass is 370 g/mol. The van der Waals surface area contributed by atoms with Gasteiger partial charge in [0.05, 0.1) is 6.04 Å². The number of aromatic amines is 1. The van der Waals surface area contributed by atoms with Gasteiger partial charge < -0.3 is 14.8 Å². The van der Waals surface area contributed by atoms with Gasteiger partial charge in [-0.2, -0.15) is 0 Å². The Morgan fingerprint density at radius 3 is 2.67 bits per heavy atom. The lowest BCUT2D eigenvalue weighted by Crippen LogP contribution is -2.54. The molecule has 1 fully saturated rings. The number of fused-ring (bicyclic) bond motifs is 1. The number of aromatic nitrogens is 1. The minimum absolute atomic E-state index is 0.0651. The second-order valence-corrected chi connectivity index (χ2v) is 7.67. The lowest BCUT2D eigenvalue weighted by Gasteiger charge is -2.38.